The number of ether oxygens (including phenoxy) is 4. The van der Waals surface area contributed by atoms with E-state index >= 15 is 0 Å². The van der Waals surface area contributed by atoms with Gasteiger partial charge in [-0.2, -0.15) is 0 Å². The van der Waals surface area contributed by atoms with E-state index in [0.717, 1.165) is 68.1 Å². The Bertz CT molecular complexity index is 1550. The quantitative estimate of drug-likeness (QED) is 0.0713. The summed E-state index contributed by atoms with van der Waals surface area (Å²) in [6, 6.07) is 15.4. The highest BCUT2D eigenvalue weighted by Crippen LogP contribution is 2.20. The first-order valence-corrected chi connectivity index (χ1v) is 17.3. The van der Waals surface area contributed by atoms with Crippen molar-refractivity contribution in [2.45, 2.75) is 53.9 Å². The van der Waals surface area contributed by atoms with Crippen LogP contribution in [0.1, 0.15) is 50.5 Å². The van der Waals surface area contributed by atoms with Crippen LogP contribution in [0.5, 0.6) is 23.0 Å². The molecule has 4 heterocycles. The normalized spacial score (nSPS) is 11.0. The highest BCUT2D eigenvalue weighted by atomic mass is 16.5. The molecule has 0 aliphatic rings. The smallest absolute Gasteiger partial charge is 0.123 e. The molecular weight excluding hydrogens is 653 g/mol. The summed E-state index contributed by atoms with van der Waals surface area (Å²) in [5, 5.41) is 0. The summed E-state index contributed by atoms with van der Waals surface area (Å²) in [4.78, 5) is 23.4. The third-order valence-electron chi connectivity index (χ3n) is 7.37. The Balaban J connectivity index is 1.59. The van der Waals surface area contributed by atoms with Crippen LogP contribution in [0, 0.1) is 0 Å². The molecule has 0 radical (unpaired) electrons. The van der Waals surface area contributed by atoms with Crippen molar-refractivity contribution in [2.24, 2.45) is 0 Å². The Morgan fingerprint density at radius 2 is 0.673 bits per heavy atom. The fourth-order valence-corrected chi connectivity index (χ4v) is 4.98. The van der Waals surface area contributed by atoms with Crippen molar-refractivity contribution in [3.05, 3.63) is 145 Å². The van der Waals surface area contributed by atoms with Crippen molar-refractivity contribution >= 4 is 0 Å². The highest BCUT2D eigenvalue weighted by Gasteiger charge is 2.16. The van der Waals surface area contributed by atoms with Gasteiger partial charge in [-0.05, 0) is 74.3 Å². The molecule has 0 atom stereocenters. The molecule has 0 aliphatic heterocycles. The molecule has 0 N–H and O–H groups in total. The third-order valence-corrected chi connectivity index (χ3v) is 7.37. The van der Waals surface area contributed by atoms with E-state index in [0.29, 0.717) is 65.7 Å². The molecule has 0 amide bonds. The van der Waals surface area contributed by atoms with Gasteiger partial charge in [0.2, 0.25) is 0 Å². The van der Waals surface area contributed by atoms with Crippen molar-refractivity contribution in [1.82, 2.24) is 29.7 Å². The molecule has 0 unspecified atom stereocenters. The lowest BCUT2D eigenvalue weighted by molar-refractivity contribution is 0.177. The van der Waals surface area contributed by atoms with Gasteiger partial charge in [-0.1, -0.05) is 26.3 Å². The molecule has 0 saturated carbocycles. The van der Waals surface area contributed by atoms with Gasteiger partial charge in [-0.25, -0.2) is 0 Å². The largest absolute Gasteiger partial charge is 0.489 e. The topological polar surface area (TPSA) is 95.0 Å². The standard InChI is InChI=1S/C42H52N6O4/c1-31(2)27-49-39-9-13-43-35(19-39)23-47(24-36-20-40(10-14-44-36)50-28-32(3)4)17-18-48(25-37-21-41(11-15-45-37)51-29-33(5)6)26-38-22-42(12-16-46-38)52-30-34(7)8/h9-16,19-22H,1,3,5,7,17-18,23-30H2,2,4,6,8H3. The van der Waals surface area contributed by atoms with Crippen LogP contribution in [-0.2, 0) is 26.2 Å². The van der Waals surface area contributed by atoms with Crippen LogP contribution in [0.15, 0.2) is 122 Å². The lowest BCUT2D eigenvalue weighted by Crippen LogP contribution is -2.35. The second-order valence-electron chi connectivity index (χ2n) is 13.3. The van der Waals surface area contributed by atoms with E-state index in [1.165, 1.54) is 0 Å². The number of rotatable bonds is 23. The molecule has 0 aromatic carbocycles. The molecule has 10 heteroatoms. The summed E-state index contributed by atoms with van der Waals surface area (Å²) in [6.45, 7) is 29.0. The average molecular weight is 705 g/mol. The number of hydrogen-bond donors (Lipinski definition) is 0. The first kappa shape index (κ1) is 39.5. The minimum Gasteiger partial charge on any atom is -0.489 e. The molecule has 4 rings (SSSR count). The van der Waals surface area contributed by atoms with Crippen LogP contribution in [0.4, 0.5) is 0 Å². The maximum Gasteiger partial charge on any atom is 0.123 e. The Labute approximate surface area is 309 Å². The predicted octanol–water partition coefficient (Wildman–Crippen LogP) is 7.79. The van der Waals surface area contributed by atoms with Gasteiger partial charge in [0, 0.05) is 88.3 Å². The Hall–Kier alpha value is -5.32. The van der Waals surface area contributed by atoms with Crippen molar-refractivity contribution in [2.75, 3.05) is 39.5 Å². The lowest BCUT2D eigenvalue weighted by Gasteiger charge is -2.27. The SMILES string of the molecule is C=C(C)COc1ccnc(CN(CCN(Cc2cc(OCC(=C)C)ccn2)Cc2cc(OCC(=C)C)ccn2)Cc2cc(OCC(=C)C)ccn2)c1. The Kier molecular flexibility index (Phi) is 15.6. The van der Waals surface area contributed by atoms with Crippen LogP contribution >= 0.6 is 0 Å². The molecule has 52 heavy (non-hydrogen) atoms. The summed E-state index contributed by atoms with van der Waals surface area (Å²) >= 11 is 0. The van der Waals surface area contributed by atoms with Gasteiger partial charge in [-0.3, -0.25) is 29.7 Å². The zero-order chi connectivity index (χ0) is 37.3. The second-order valence-corrected chi connectivity index (χ2v) is 13.3. The summed E-state index contributed by atoms with van der Waals surface area (Å²) < 4.78 is 23.7. The minimum atomic E-state index is 0.448. The second kappa shape index (κ2) is 20.5. The number of hydrogen-bond acceptors (Lipinski definition) is 10. The monoisotopic (exact) mass is 704 g/mol. The van der Waals surface area contributed by atoms with Gasteiger partial charge in [0.25, 0.3) is 0 Å². The van der Waals surface area contributed by atoms with E-state index < -0.39 is 0 Å². The van der Waals surface area contributed by atoms with E-state index in [2.05, 4.69) is 56.1 Å². The molecule has 4 aromatic heterocycles. The van der Waals surface area contributed by atoms with Gasteiger partial charge in [0.15, 0.2) is 0 Å². The maximum absolute atomic E-state index is 5.93. The third kappa shape index (κ3) is 14.9. The van der Waals surface area contributed by atoms with Gasteiger partial charge < -0.3 is 18.9 Å². The number of aromatic nitrogens is 4. The average Bonchev–Trinajstić information content (AvgIpc) is 3.11. The zero-order valence-corrected chi connectivity index (χ0v) is 31.1. The maximum atomic E-state index is 5.93. The fourth-order valence-electron chi connectivity index (χ4n) is 4.98. The van der Waals surface area contributed by atoms with Crippen LogP contribution in [0.25, 0.3) is 0 Å². The van der Waals surface area contributed by atoms with Crippen LogP contribution in [0.3, 0.4) is 0 Å². The van der Waals surface area contributed by atoms with E-state index in [-0.39, 0.29) is 0 Å². The molecule has 0 bridgehead atoms. The Morgan fingerprint density at radius 3 is 0.885 bits per heavy atom. The first-order chi connectivity index (χ1) is 25.0. The molecular formula is C42H52N6O4. The van der Waals surface area contributed by atoms with E-state index in [1.54, 1.807) is 24.8 Å². The summed E-state index contributed by atoms with van der Waals surface area (Å²) in [5.74, 6) is 3.01. The molecule has 0 aliphatic carbocycles. The van der Waals surface area contributed by atoms with Crippen LogP contribution < -0.4 is 18.9 Å². The van der Waals surface area contributed by atoms with E-state index in [9.17, 15) is 0 Å². The van der Waals surface area contributed by atoms with Crippen molar-refractivity contribution in [3.8, 4) is 23.0 Å². The molecule has 10 nitrogen and oxygen atoms in total. The van der Waals surface area contributed by atoms with Crippen molar-refractivity contribution in [3.63, 3.8) is 0 Å². The Morgan fingerprint density at radius 1 is 0.442 bits per heavy atom. The van der Waals surface area contributed by atoms with Crippen LogP contribution in [0.2, 0.25) is 0 Å². The lowest BCUT2D eigenvalue weighted by atomic mass is 10.2. The summed E-state index contributed by atoms with van der Waals surface area (Å²) in [7, 11) is 0. The number of pyridine rings is 4. The molecule has 274 valence electrons. The number of nitrogens with zero attached hydrogens (tertiary/aromatic N) is 6. The summed E-state index contributed by atoms with van der Waals surface area (Å²) in [6.07, 6.45) is 7.12. The van der Waals surface area contributed by atoms with Gasteiger partial charge in [-0.15, -0.1) is 0 Å². The van der Waals surface area contributed by atoms with Gasteiger partial charge in [0.1, 0.15) is 49.4 Å². The van der Waals surface area contributed by atoms with Crippen molar-refractivity contribution in [1.29, 1.82) is 0 Å². The van der Waals surface area contributed by atoms with Crippen molar-refractivity contribution < 1.29 is 18.9 Å². The van der Waals surface area contributed by atoms with E-state index in [1.807, 2.05) is 76.2 Å². The molecule has 0 fully saturated rings. The zero-order valence-electron chi connectivity index (χ0n) is 31.1. The molecule has 0 spiro atoms. The van der Waals surface area contributed by atoms with Gasteiger partial charge in [0.05, 0.1) is 22.8 Å². The molecule has 0 saturated heterocycles. The predicted molar refractivity (Wildman–Crippen MR) is 206 cm³/mol. The first-order valence-electron chi connectivity index (χ1n) is 17.3. The minimum absolute atomic E-state index is 0.448. The summed E-state index contributed by atoms with van der Waals surface area (Å²) in [5.41, 5.74) is 7.33. The van der Waals surface area contributed by atoms with Crippen LogP contribution in [-0.4, -0.2) is 69.3 Å². The van der Waals surface area contributed by atoms with E-state index in [4.69, 9.17) is 18.9 Å². The highest BCUT2D eigenvalue weighted by molar-refractivity contribution is 5.26. The fraction of sp³-hybridized carbons (Fsp3) is 0.333. The molecule has 4 aromatic rings. The van der Waals surface area contributed by atoms with Gasteiger partial charge >= 0.3 is 0 Å².